The number of aliphatic hydroxyl groups excluding tert-OH is 1. The SMILES string of the molecule is O=C(OCc1ccccc1)C(O)C1CCCC1. The maximum atomic E-state index is 11.6. The van der Waals surface area contributed by atoms with Gasteiger partial charge in [-0.15, -0.1) is 0 Å². The van der Waals surface area contributed by atoms with E-state index in [4.69, 9.17) is 4.74 Å². The molecule has 1 aliphatic carbocycles. The standard InChI is InChI=1S/C14H18O3/c15-13(12-8-4-5-9-12)14(16)17-10-11-6-2-1-3-7-11/h1-3,6-7,12-13,15H,4-5,8-10H2. The van der Waals surface area contributed by atoms with Crippen LogP contribution in [0.1, 0.15) is 31.2 Å². The first-order valence-corrected chi connectivity index (χ1v) is 6.16. The number of hydrogen-bond acceptors (Lipinski definition) is 3. The average Bonchev–Trinajstić information content (AvgIpc) is 2.90. The monoisotopic (exact) mass is 234 g/mol. The minimum Gasteiger partial charge on any atom is -0.459 e. The summed E-state index contributed by atoms with van der Waals surface area (Å²) in [4.78, 5) is 11.6. The van der Waals surface area contributed by atoms with Crippen LogP contribution >= 0.6 is 0 Å². The van der Waals surface area contributed by atoms with Crippen LogP contribution in [0.15, 0.2) is 30.3 Å². The zero-order valence-corrected chi connectivity index (χ0v) is 9.84. The van der Waals surface area contributed by atoms with Gasteiger partial charge in [0.15, 0.2) is 6.10 Å². The van der Waals surface area contributed by atoms with Gasteiger partial charge >= 0.3 is 5.97 Å². The zero-order chi connectivity index (χ0) is 12.1. The Morgan fingerprint density at radius 3 is 2.59 bits per heavy atom. The molecule has 0 heterocycles. The van der Waals surface area contributed by atoms with Crippen LogP contribution in [0.25, 0.3) is 0 Å². The molecule has 1 atom stereocenters. The molecular weight excluding hydrogens is 216 g/mol. The fourth-order valence-corrected chi connectivity index (χ4v) is 2.28. The molecule has 1 saturated carbocycles. The van der Waals surface area contributed by atoms with Crippen molar-refractivity contribution in [1.29, 1.82) is 0 Å². The number of carbonyl (C=O) groups is 1. The molecule has 0 radical (unpaired) electrons. The Hall–Kier alpha value is -1.35. The van der Waals surface area contributed by atoms with Crippen molar-refractivity contribution in [2.24, 2.45) is 5.92 Å². The molecule has 0 saturated heterocycles. The molecule has 1 aliphatic rings. The summed E-state index contributed by atoms with van der Waals surface area (Å²) < 4.78 is 5.11. The van der Waals surface area contributed by atoms with Crippen LogP contribution in [0.3, 0.4) is 0 Å². The van der Waals surface area contributed by atoms with Gasteiger partial charge in [-0.25, -0.2) is 4.79 Å². The normalized spacial score (nSPS) is 17.9. The van der Waals surface area contributed by atoms with Crippen molar-refractivity contribution in [2.75, 3.05) is 0 Å². The highest BCUT2D eigenvalue weighted by molar-refractivity contribution is 5.74. The number of rotatable bonds is 4. The second kappa shape index (κ2) is 5.82. The quantitative estimate of drug-likeness (QED) is 0.813. The minimum absolute atomic E-state index is 0.0956. The van der Waals surface area contributed by atoms with Crippen molar-refractivity contribution < 1.29 is 14.6 Å². The first kappa shape index (κ1) is 12.1. The predicted molar refractivity (Wildman–Crippen MR) is 64.2 cm³/mol. The van der Waals surface area contributed by atoms with Gasteiger partial charge in [0.1, 0.15) is 6.61 Å². The van der Waals surface area contributed by atoms with E-state index in [1.54, 1.807) is 0 Å². The molecule has 0 bridgehead atoms. The molecule has 1 aromatic rings. The number of benzene rings is 1. The maximum absolute atomic E-state index is 11.6. The Labute approximate surface area is 101 Å². The van der Waals surface area contributed by atoms with Crippen molar-refractivity contribution >= 4 is 5.97 Å². The largest absolute Gasteiger partial charge is 0.459 e. The molecule has 0 amide bonds. The molecule has 1 N–H and O–H groups in total. The molecule has 0 aromatic heterocycles. The molecule has 3 heteroatoms. The molecule has 17 heavy (non-hydrogen) atoms. The van der Waals surface area contributed by atoms with Crippen LogP contribution < -0.4 is 0 Å². The number of carbonyl (C=O) groups excluding carboxylic acids is 1. The number of esters is 1. The third-order valence-electron chi connectivity index (χ3n) is 3.31. The number of hydrogen-bond donors (Lipinski definition) is 1. The molecular formula is C14H18O3. The van der Waals surface area contributed by atoms with E-state index in [2.05, 4.69) is 0 Å². The topological polar surface area (TPSA) is 46.5 Å². The van der Waals surface area contributed by atoms with Gasteiger partial charge in [-0.05, 0) is 24.3 Å². The van der Waals surface area contributed by atoms with Gasteiger partial charge in [0.2, 0.25) is 0 Å². The second-order valence-corrected chi connectivity index (χ2v) is 4.58. The highest BCUT2D eigenvalue weighted by atomic mass is 16.5. The first-order chi connectivity index (χ1) is 8.27. The van der Waals surface area contributed by atoms with E-state index in [9.17, 15) is 9.90 Å². The Kier molecular flexibility index (Phi) is 4.15. The summed E-state index contributed by atoms with van der Waals surface area (Å²) in [6, 6.07) is 9.51. The van der Waals surface area contributed by atoms with Gasteiger partial charge in [-0.1, -0.05) is 43.2 Å². The number of aliphatic hydroxyl groups is 1. The summed E-state index contributed by atoms with van der Waals surface area (Å²) in [7, 11) is 0. The predicted octanol–water partition coefficient (Wildman–Crippen LogP) is 2.28. The summed E-state index contributed by atoms with van der Waals surface area (Å²) in [5.74, 6) is -0.390. The van der Waals surface area contributed by atoms with Gasteiger partial charge in [0.05, 0.1) is 0 Å². The van der Waals surface area contributed by atoms with E-state index in [1.165, 1.54) is 0 Å². The van der Waals surface area contributed by atoms with Crippen molar-refractivity contribution in [2.45, 2.75) is 38.4 Å². The highest BCUT2D eigenvalue weighted by Gasteiger charge is 2.29. The Morgan fingerprint density at radius 2 is 1.94 bits per heavy atom. The van der Waals surface area contributed by atoms with Gasteiger partial charge in [0.25, 0.3) is 0 Å². The van der Waals surface area contributed by atoms with Crippen LogP contribution in [0.5, 0.6) is 0 Å². The first-order valence-electron chi connectivity index (χ1n) is 6.16. The minimum atomic E-state index is -0.943. The van der Waals surface area contributed by atoms with E-state index in [0.717, 1.165) is 31.2 Å². The molecule has 1 fully saturated rings. The lowest BCUT2D eigenvalue weighted by atomic mass is 10.0. The van der Waals surface area contributed by atoms with Crippen LogP contribution in [0.4, 0.5) is 0 Å². The summed E-state index contributed by atoms with van der Waals surface area (Å²) >= 11 is 0. The molecule has 1 aromatic carbocycles. The van der Waals surface area contributed by atoms with E-state index < -0.39 is 12.1 Å². The summed E-state index contributed by atoms with van der Waals surface area (Å²) in [5, 5.41) is 9.82. The number of ether oxygens (including phenoxy) is 1. The van der Waals surface area contributed by atoms with E-state index in [1.807, 2.05) is 30.3 Å². The van der Waals surface area contributed by atoms with Crippen molar-refractivity contribution in [3.63, 3.8) is 0 Å². The Balaban J connectivity index is 1.80. The van der Waals surface area contributed by atoms with E-state index >= 15 is 0 Å². The lowest BCUT2D eigenvalue weighted by Crippen LogP contribution is -2.29. The Bertz CT molecular complexity index is 355. The summed E-state index contributed by atoms with van der Waals surface area (Å²) in [6.45, 7) is 0.240. The molecule has 3 nitrogen and oxygen atoms in total. The summed E-state index contributed by atoms with van der Waals surface area (Å²) in [6.07, 6.45) is 3.13. The zero-order valence-electron chi connectivity index (χ0n) is 9.84. The molecule has 2 rings (SSSR count). The Morgan fingerprint density at radius 1 is 1.29 bits per heavy atom. The van der Waals surface area contributed by atoms with Gasteiger partial charge in [-0.2, -0.15) is 0 Å². The molecule has 0 aliphatic heterocycles. The molecule has 1 unspecified atom stereocenters. The van der Waals surface area contributed by atoms with Crippen molar-refractivity contribution in [3.05, 3.63) is 35.9 Å². The van der Waals surface area contributed by atoms with E-state index in [-0.39, 0.29) is 12.5 Å². The maximum Gasteiger partial charge on any atom is 0.335 e. The van der Waals surface area contributed by atoms with Crippen LogP contribution in [-0.4, -0.2) is 17.2 Å². The van der Waals surface area contributed by atoms with E-state index in [0.29, 0.717) is 0 Å². The van der Waals surface area contributed by atoms with Gasteiger partial charge < -0.3 is 9.84 Å². The van der Waals surface area contributed by atoms with Crippen LogP contribution in [0, 0.1) is 5.92 Å². The van der Waals surface area contributed by atoms with Crippen LogP contribution in [0.2, 0.25) is 0 Å². The average molecular weight is 234 g/mol. The van der Waals surface area contributed by atoms with Crippen molar-refractivity contribution in [1.82, 2.24) is 0 Å². The lowest BCUT2D eigenvalue weighted by molar-refractivity contribution is -0.157. The third kappa shape index (κ3) is 3.30. The highest BCUT2D eigenvalue weighted by Crippen LogP contribution is 2.28. The fourth-order valence-electron chi connectivity index (χ4n) is 2.28. The van der Waals surface area contributed by atoms with Crippen LogP contribution in [-0.2, 0) is 16.1 Å². The fraction of sp³-hybridized carbons (Fsp3) is 0.500. The summed E-state index contributed by atoms with van der Waals surface area (Å²) in [5.41, 5.74) is 0.944. The third-order valence-corrected chi connectivity index (χ3v) is 3.31. The van der Waals surface area contributed by atoms with Gasteiger partial charge in [0, 0.05) is 0 Å². The van der Waals surface area contributed by atoms with Gasteiger partial charge in [-0.3, -0.25) is 0 Å². The molecule has 92 valence electrons. The molecule has 0 spiro atoms. The van der Waals surface area contributed by atoms with Crippen molar-refractivity contribution in [3.8, 4) is 0 Å². The second-order valence-electron chi connectivity index (χ2n) is 4.58. The smallest absolute Gasteiger partial charge is 0.335 e. The lowest BCUT2D eigenvalue weighted by Gasteiger charge is -2.16.